The van der Waals surface area contributed by atoms with E-state index in [4.69, 9.17) is 17.3 Å². The maximum atomic E-state index is 14.2. The van der Waals surface area contributed by atoms with E-state index in [0.717, 1.165) is 23.3 Å². The Morgan fingerprint density at radius 2 is 1.77 bits per heavy atom. The Hall–Kier alpha value is -3.33. The molecule has 154 valence electrons. The van der Waals surface area contributed by atoms with Crippen LogP contribution in [-0.4, -0.2) is 26.8 Å². The normalized spacial score (nSPS) is 12.1. The molecule has 6 heteroatoms. The summed E-state index contributed by atoms with van der Waals surface area (Å²) in [5.74, 6) is 4.62. The van der Waals surface area contributed by atoms with Gasteiger partial charge in [-0.1, -0.05) is 50.0 Å². The molecule has 0 unspecified atom stereocenters. The van der Waals surface area contributed by atoms with Crippen molar-refractivity contribution in [3.63, 3.8) is 0 Å². The van der Waals surface area contributed by atoms with E-state index in [1.54, 1.807) is 12.1 Å². The SMILES string of the molecule is CC.[B]c1ccc(F)c(C#CC(=NC=C)c2cc3c(cc2C(=C)C)OCCO3)c1F.[HH]. The van der Waals surface area contributed by atoms with Crippen LogP contribution >= 0.6 is 0 Å². The summed E-state index contributed by atoms with van der Waals surface area (Å²) in [5.41, 5.74) is 1.71. The van der Waals surface area contributed by atoms with Crippen molar-refractivity contribution >= 4 is 24.6 Å². The van der Waals surface area contributed by atoms with Crippen LogP contribution < -0.4 is 14.9 Å². The van der Waals surface area contributed by atoms with Crippen molar-refractivity contribution in [2.75, 3.05) is 13.2 Å². The van der Waals surface area contributed by atoms with Gasteiger partial charge in [0.1, 0.15) is 38.4 Å². The average molecular weight is 407 g/mol. The third kappa shape index (κ3) is 4.98. The number of hydrogen-bond donors (Lipinski definition) is 0. The second-order valence-electron chi connectivity index (χ2n) is 6.06. The Labute approximate surface area is 179 Å². The minimum atomic E-state index is -0.909. The first kappa shape index (κ1) is 23.0. The average Bonchev–Trinajstić information content (AvgIpc) is 2.76. The molecule has 2 aromatic carbocycles. The summed E-state index contributed by atoms with van der Waals surface area (Å²) in [4.78, 5) is 4.18. The van der Waals surface area contributed by atoms with Gasteiger partial charge in [0.15, 0.2) is 11.5 Å². The van der Waals surface area contributed by atoms with Gasteiger partial charge in [0.2, 0.25) is 0 Å². The highest BCUT2D eigenvalue weighted by atomic mass is 19.1. The number of aliphatic imine (C=N–C) groups is 1. The Kier molecular flexibility index (Phi) is 8.00. The molecular formula is C24H24BF2NO2. The first-order chi connectivity index (χ1) is 14.4. The number of rotatable bonds is 3. The van der Waals surface area contributed by atoms with Crippen molar-refractivity contribution in [1.29, 1.82) is 0 Å². The Morgan fingerprint density at radius 3 is 2.33 bits per heavy atom. The maximum absolute atomic E-state index is 14.2. The monoisotopic (exact) mass is 407 g/mol. The molecular weight excluding hydrogens is 383 g/mol. The van der Waals surface area contributed by atoms with E-state index in [-0.39, 0.29) is 12.6 Å². The van der Waals surface area contributed by atoms with Crippen molar-refractivity contribution in [3.8, 4) is 23.3 Å². The highest BCUT2D eigenvalue weighted by Crippen LogP contribution is 2.35. The molecule has 0 saturated heterocycles. The molecule has 30 heavy (non-hydrogen) atoms. The van der Waals surface area contributed by atoms with Crippen molar-refractivity contribution in [2.24, 2.45) is 4.99 Å². The molecule has 0 atom stereocenters. The first-order valence-corrected chi connectivity index (χ1v) is 9.46. The summed E-state index contributed by atoms with van der Waals surface area (Å²) in [6, 6.07) is 5.72. The molecule has 1 heterocycles. The molecule has 3 nitrogen and oxygen atoms in total. The van der Waals surface area contributed by atoms with Crippen molar-refractivity contribution in [1.82, 2.24) is 0 Å². The van der Waals surface area contributed by atoms with Gasteiger partial charge in [-0.25, -0.2) is 13.8 Å². The van der Waals surface area contributed by atoms with Crippen LogP contribution in [0.2, 0.25) is 0 Å². The molecule has 1 aliphatic rings. The summed E-state index contributed by atoms with van der Waals surface area (Å²) in [5, 5.41) is 0. The number of allylic oxidation sites excluding steroid dienone is 1. The van der Waals surface area contributed by atoms with Crippen LogP contribution in [0.1, 0.15) is 38.9 Å². The van der Waals surface area contributed by atoms with Gasteiger partial charge in [-0.05, 0) is 36.6 Å². The van der Waals surface area contributed by atoms with Gasteiger partial charge in [-0.2, -0.15) is 0 Å². The van der Waals surface area contributed by atoms with E-state index < -0.39 is 17.2 Å². The smallest absolute Gasteiger partial charge is 0.162 e. The number of nitrogens with zero attached hydrogens (tertiary/aromatic N) is 1. The number of hydrogen-bond acceptors (Lipinski definition) is 3. The molecule has 1 aliphatic heterocycles. The molecule has 2 radical (unpaired) electrons. The summed E-state index contributed by atoms with van der Waals surface area (Å²) in [7, 11) is 5.51. The number of fused-ring (bicyclic) bond motifs is 1. The minimum absolute atomic E-state index is 0. The molecule has 2 aromatic rings. The van der Waals surface area contributed by atoms with Gasteiger partial charge in [0, 0.05) is 13.2 Å². The van der Waals surface area contributed by atoms with E-state index in [1.807, 2.05) is 20.8 Å². The zero-order valence-corrected chi connectivity index (χ0v) is 17.3. The van der Waals surface area contributed by atoms with Crippen LogP contribution in [0, 0.1) is 23.5 Å². The number of benzene rings is 2. The highest BCUT2D eigenvalue weighted by Gasteiger charge is 2.18. The van der Waals surface area contributed by atoms with E-state index in [0.29, 0.717) is 30.3 Å². The highest BCUT2D eigenvalue weighted by molar-refractivity contribution is 6.32. The summed E-state index contributed by atoms with van der Waals surface area (Å²) >= 11 is 0. The van der Waals surface area contributed by atoms with Crippen LogP contribution in [0.25, 0.3) is 5.57 Å². The van der Waals surface area contributed by atoms with Crippen LogP contribution in [0.4, 0.5) is 8.78 Å². The van der Waals surface area contributed by atoms with E-state index in [2.05, 4.69) is 30.0 Å². The van der Waals surface area contributed by atoms with Crippen LogP contribution in [0.5, 0.6) is 11.5 Å². The molecule has 0 amide bonds. The van der Waals surface area contributed by atoms with Crippen LogP contribution in [-0.2, 0) is 0 Å². The molecule has 0 bridgehead atoms. The van der Waals surface area contributed by atoms with E-state index in [9.17, 15) is 8.78 Å². The van der Waals surface area contributed by atoms with E-state index >= 15 is 0 Å². The van der Waals surface area contributed by atoms with Gasteiger partial charge in [0.05, 0.1) is 5.56 Å². The minimum Gasteiger partial charge on any atom is -0.486 e. The Bertz CT molecular complexity index is 1070. The third-order valence-electron chi connectivity index (χ3n) is 4.04. The lowest BCUT2D eigenvalue weighted by Gasteiger charge is -2.21. The van der Waals surface area contributed by atoms with Gasteiger partial charge in [-0.3, -0.25) is 0 Å². The summed E-state index contributed by atoms with van der Waals surface area (Å²) < 4.78 is 39.4. The van der Waals surface area contributed by atoms with E-state index in [1.165, 1.54) is 6.20 Å². The van der Waals surface area contributed by atoms with Gasteiger partial charge >= 0.3 is 0 Å². The molecule has 0 fully saturated rings. The number of halogens is 2. The Balaban J connectivity index is 0.00000156. The largest absolute Gasteiger partial charge is 0.486 e. The molecule has 0 spiro atoms. The molecule has 0 aromatic heterocycles. The van der Waals surface area contributed by atoms with Crippen molar-refractivity contribution < 1.29 is 19.7 Å². The Morgan fingerprint density at radius 1 is 1.17 bits per heavy atom. The predicted molar refractivity (Wildman–Crippen MR) is 121 cm³/mol. The number of ether oxygens (including phenoxy) is 2. The standard InChI is InChI=1S/C22H16BF2NO2.C2H6.H2/c1-4-26-19(8-5-14-18(24)7-6-17(23)22(14)25)16-12-21-20(27-9-10-28-21)11-15(16)13(2)3;1-2;/h4,6-7,11-12H,1-2,9-10H2,3H3;1-2H3;1H. The lowest BCUT2D eigenvalue weighted by Crippen LogP contribution is -2.16. The van der Waals surface area contributed by atoms with Crippen LogP contribution in [0.15, 0.2) is 48.6 Å². The lowest BCUT2D eigenvalue weighted by molar-refractivity contribution is 0.171. The molecule has 0 aliphatic carbocycles. The fraction of sp³-hybridized carbons (Fsp3) is 0.208. The quantitative estimate of drug-likeness (QED) is 0.415. The van der Waals surface area contributed by atoms with Gasteiger partial charge < -0.3 is 9.47 Å². The van der Waals surface area contributed by atoms with Gasteiger partial charge in [0.25, 0.3) is 0 Å². The second-order valence-corrected chi connectivity index (χ2v) is 6.06. The van der Waals surface area contributed by atoms with Crippen molar-refractivity contribution in [3.05, 3.63) is 71.9 Å². The predicted octanol–water partition coefficient (Wildman–Crippen LogP) is 4.82. The molecule has 3 rings (SSSR count). The zero-order chi connectivity index (χ0) is 22.3. The fourth-order valence-corrected chi connectivity index (χ4v) is 2.70. The second kappa shape index (κ2) is 10.5. The maximum Gasteiger partial charge on any atom is 0.162 e. The fourth-order valence-electron chi connectivity index (χ4n) is 2.70. The van der Waals surface area contributed by atoms with Gasteiger partial charge in [-0.15, -0.1) is 0 Å². The molecule has 0 saturated carbocycles. The summed E-state index contributed by atoms with van der Waals surface area (Å²) in [6.07, 6.45) is 1.30. The third-order valence-corrected chi connectivity index (χ3v) is 4.04. The first-order valence-electron chi connectivity index (χ1n) is 9.46. The van der Waals surface area contributed by atoms with Crippen LogP contribution in [0.3, 0.4) is 0 Å². The summed E-state index contributed by atoms with van der Waals surface area (Å²) in [6.45, 7) is 14.3. The van der Waals surface area contributed by atoms with Crippen molar-refractivity contribution in [2.45, 2.75) is 20.8 Å². The topological polar surface area (TPSA) is 30.8 Å². The molecule has 0 N–H and O–H groups in total. The zero-order valence-electron chi connectivity index (χ0n) is 17.3. The lowest BCUT2D eigenvalue weighted by atomic mass is 9.93.